The first kappa shape index (κ1) is 14.3. The van der Waals surface area contributed by atoms with Gasteiger partial charge in [0.25, 0.3) is 0 Å². The van der Waals surface area contributed by atoms with Crippen LogP contribution in [0.5, 0.6) is 0 Å². The first-order chi connectivity index (χ1) is 10.8. The molecule has 0 aliphatic heterocycles. The monoisotopic (exact) mass is 302 g/mol. The number of nitrogens with zero attached hydrogens (tertiary/aromatic N) is 4. The van der Waals surface area contributed by atoms with E-state index in [0.717, 1.165) is 18.0 Å². The van der Waals surface area contributed by atoms with Crippen LogP contribution in [0.25, 0.3) is 11.2 Å². The number of aryl methyl sites for hydroxylation is 1. The zero-order valence-electron chi connectivity index (χ0n) is 12.3. The second kappa shape index (κ2) is 6.44. The third-order valence-corrected chi connectivity index (χ3v) is 3.21. The van der Waals surface area contributed by atoms with Crippen molar-refractivity contribution in [2.24, 2.45) is 0 Å². The molecule has 0 fully saturated rings. The van der Waals surface area contributed by atoms with E-state index >= 15 is 0 Å². The van der Waals surface area contributed by atoms with Crippen LogP contribution in [0.1, 0.15) is 12.7 Å². The second-order valence-corrected chi connectivity index (χ2v) is 4.68. The van der Waals surface area contributed by atoms with Gasteiger partial charge in [-0.25, -0.2) is 4.98 Å². The number of imidazole rings is 1. The molecule has 116 valence electrons. The van der Waals surface area contributed by atoms with Crippen LogP contribution in [0, 0.1) is 0 Å². The largest absolute Gasteiger partial charge is 0.467 e. The molecule has 8 heteroatoms. The summed E-state index contributed by atoms with van der Waals surface area (Å²) in [5.74, 6) is 1.90. The molecular weight excluding hydrogens is 284 g/mol. The molecular formula is C14H18N6O2. The van der Waals surface area contributed by atoms with Gasteiger partial charge in [-0.15, -0.1) is 0 Å². The topological polar surface area (TPSA) is 101 Å². The Hall–Kier alpha value is -2.61. The molecule has 8 nitrogen and oxygen atoms in total. The number of aliphatic hydroxyl groups excluding tert-OH is 1. The minimum atomic E-state index is 0.0175. The van der Waals surface area contributed by atoms with Gasteiger partial charge in [0.05, 0.1) is 25.7 Å². The molecule has 0 saturated heterocycles. The Morgan fingerprint density at radius 3 is 2.95 bits per heavy atom. The van der Waals surface area contributed by atoms with Gasteiger partial charge in [0.1, 0.15) is 5.76 Å². The number of hydrogen-bond donors (Lipinski definition) is 3. The molecule has 3 heterocycles. The van der Waals surface area contributed by atoms with Crippen molar-refractivity contribution in [3.05, 3.63) is 30.5 Å². The molecule has 0 saturated carbocycles. The summed E-state index contributed by atoms with van der Waals surface area (Å²) in [4.78, 5) is 13.3. The predicted octanol–water partition coefficient (Wildman–Crippen LogP) is 1.46. The highest BCUT2D eigenvalue weighted by atomic mass is 16.3. The van der Waals surface area contributed by atoms with E-state index in [-0.39, 0.29) is 6.61 Å². The van der Waals surface area contributed by atoms with E-state index in [0.29, 0.717) is 30.4 Å². The highest BCUT2D eigenvalue weighted by Gasteiger charge is 2.13. The molecule has 3 aromatic heterocycles. The van der Waals surface area contributed by atoms with Gasteiger partial charge in [0, 0.05) is 13.1 Å². The molecule has 0 unspecified atom stereocenters. The van der Waals surface area contributed by atoms with Gasteiger partial charge in [-0.1, -0.05) is 0 Å². The van der Waals surface area contributed by atoms with E-state index in [4.69, 9.17) is 9.52 Å². The summed E-state index contributed by atoms with van der Waals surface area (Å²) in [6.45, 7) is 3.72. The van der Waals surface area contributed by atoms with Crippen LogP contribution in [-0.4, -0.2) is 37.8 Å². The number of fused-ring (bicyclic) bond motifs is 1. The van der Waals surface area contributed by atoms with Crippen LogP contribution in [-0.2, 0) is 13.1 Å². The molecule has 3 N–H and O–H groups in total. The van der Waals surface area contributed by atoms with Crippen molar-refractivity contribution in [3.63, 3.8) is 0 Å². The minimum absolute atomic E-state index is 0.0175. The lowest BCUT2D eigenvalue weighted by molar-refractivity contribution is 0.311. The normalized spacial score (nSPS) is 11.0. The number of aromatic nitrogens is 4. The van der Waals surface area contributed by atoms with Gasteiger partial charge in [0.15, 0.2) is 17.0 Å². The molecule has 0 aromatic carbocycles. The third kappa shape index (κ3) is 2.86. The Kier molecular flexibility index (Phi) is 4.19. The highest BCUT2D eigenvalue weighted by Crippen LogP contribution is 2.21. The zero-order chi connectivity index (χ0) is 15.4. The number of nitrogens with one attached hydrogen (secondary N) is 2. The maximum absolute atomic E-state index is 8.94. The Morgan fingerprint density at radius 2 is 2.23 bits per heavy atom. The summed E-state index contributed by atoms with van der Waals surface area (Å²) < 4.78 is 7.25. The number of anilines is 2. The molecule has 0 radical (unpaired) electrons. The lowest BCUT2D eigenvalue weighted by Crippen LogP contribution is -2.11. The van der Waals surface area contributed by atoms with Crippen molar-refractivity contribution >= 4 is 22.9 Å². The lowest BCUT2D eigenvalue weighted by Gasteiger charge is -2.09. The van der Waals surface area contributed by atoms with E-state index in [9.17, 15) is 0 Å². The Morgan fingerprint density at radius 1 is 1.32 bits per heavy atom. The van der Waals surface area contributed by atoms with Gasteiger partial charge >= 0.3 is 0 Å². The fourth-order valence-corrected chi connectivity index (χ4v) is 2.13. The summed E-state index contributed by atoms with van der Waals surface area (Å²) in [6.07, 6.45) is 3.37. The van der Waals surface area contributed by atoms with E-state index < -0.39 is 0 Å². The summed E-state index contributed by atoms with van der Waals surface area (Å²) >= 11 is 0. The van der Waals surface area contributed by atoms with Crippen molar-refractivity contribution in [2.45, 2.75) is 20.0 Å². The fourth-order valence-electron chi connectivity index (χ4n) is 2.13. The van der Waals surface area contributed by atoms with Crippen molar-refractivity contribution in [1.29, 1.82) is 0 Å². The molecule has 0 spiro atoms. The number of rotatable bonds is 7. The minimum Gasteiger partial charge on any atom is -0.467 e. The SMILES string of the molecule is CCn1cnc2c(NCc3ccco3)nc(NCCO)nc21. The summed E-state index contributed by atoms with van der Waals surface area (Å²) in [5.41, 5.74) is 1.46. The Bertz CT molecular complexity index is 737. The average molecular weight is 302 g/mol. The molecule has 0 aliphatic carbocycles. The van der Waals surface area contributed by atoms with E-state index in [1.54, 1.807) is 12.6 Å². The number of hydrogen-bond acceptors (Lipinski definition) is 7. The van der Waals surface area contributed by atoms with Crippen molar-refractivity contribution in [3.8, 4) is 0 Å². The fraction of sp³-hybridized carbons (Fsp3) is 0.357. The molecule has 3 aromatic rings. The summed E-state index contributed by atoms with van der Waals surface area (Å²) in [5, 5.41) is 15.1. The highest BCUT2D eigenvalue weighted by molar-refractivity contribution is 5.84. The van der Waals surface area contributed by atoms with E-state index in [1.165, 1.54) is 0 Å². The van der Waals surface area contributed by atoms with E-state index in [2.05, 4.69) is 25.6 Å². The smallest absolute Gasteiger partial charge is 0.226 e. The van der Waals surface area contributed by atoms with Gasteiger partial charge < -0.3 is 24.7 Å². The standard InChI is InChI=1S/C14H18N6O2/c1-2-20-9-17-11-12(16-8-10-4-3-7-22-10)18-14(15-5-6-21)19-13(11)20/h3-4,7,9,21H,2,5-6,8H2,1H3,(H2,15,16,18,19). The number of aliphatic hydroxyl groups is 1. The van der Waals surface area contributed by atoms with Crippen LogP contribution in [0.4, 0.5) is 11.8 Å². The van der Waals surface area contributed by atoms with Gasteiger partial charge in [-0.05, 0) is 19.1 Å². The molecule has 3 rings (SSSR count). The molecule has 22 heavy (non-hydrogen) atoms. The quantitative estimate of drug-likeness (QED) is 0.607. The predicted molar refractivity (Wildman–Crippen MR) is 82.6 cm³/mol. The molecule has 0 amide bonds. The molecule has 0 bridgehead atoms. The van der Waals surface area contributed by atoms with Crippen LogP contribution in [0.15, 0.2) is 29.1 Å². The lowest BCUT2D eigenvalue weighted by atomic mass is 10.4. The van der Waals surface area contributed by atoms with E-state index in [1.807, 2.05) is 23.6 Å². The number of furan rings is 1. The van der Waals surface area contributed by atoms with Gasteiger partial charge in [0.2, 0.25) is 5.95 Å². The third-order valence-electron chi connectivity index (χ3n) is 3.21. The van der Waals surface area contributed by atoms with Gasteiger partial charge in [-0.2, -0.15) is 9.97 Å². The van der Waals surface area contributed by atoms with Crippen LogP contribution >= 0.6 is 0 Å². The first-order valence-electron chi connectivity index (χ1n) is 7.15. The molecule has 0 aliphatic rings. The zero-order valence-corrected chi connectivity index (χ0v) is 12.3. The van der Waals surface area contributed by atoms with Crippen LogP contribution in [0.2, 0.25) is 0 Å². The maximum atomic E-state index is 8.94. The Labute approximate surface area is 127 Å². The average Bonchev–Trinajstić information content (AvgIpc) is 3.19. The van der Waals surface area contributed by atoms with Crippen LogP contribution < -0.4 is 10.6 Å². The summed E-state index contributed by atoms with van der Waals surface area (Å²) in [7, 11) is 0. The van der Waals surface area contributed by atoms with Crippen molar-refractivity contribution < 1.29 is 9.52 Å². The Balaban J connectivity index is 1.93. The van der Waals surface area contributed by atoms with Crippen LogP contribution in [0.3, 0.4) is 0 Å². The van der Waals surface area contributed by atoms with Gasteiger partial charge in [-0.3, -0.25) is 0 Å². The van der Waals surface area contributed by atoms with Crippen molar-refractivity contribution in [2.75, 3.05) is 23.8 Å². The molecule has 0 atom stereocenters. The summed E-state index contributed by atoms with van der Waals surface area (Å²) in [6, 6.07) is 3.73. The second-order valence-electron chi connectivity index (χ2n) is 4.68. The maximum Gasteiger partial charge on any atom is 0.226 e. The first-order valence-corrected chi connectivity index (χ1v) is 7.15. The van der Waals surface area contributed by atoms with Crippen molar-refractivity contribution in [1.82, 2.24) is 19.5 Å².